The van der Waals surface area contributed by atoms with Crippen LogP contribution >= 0.6 is 0 Å². The smallest absolute Gasteiger partial charge is 0.0900 e. The first-order valence-electron chi connectivity index (χ1n) is 23.8. The maximum atomic E-state index is 5.42. The van der Waals surface area contributed by atoms with Crippen molar-refractivity contribution in [2.75, 3.05) is 4.90 Å². The highest BCUT2D eigenvalue weighted by Crippen LogP contribution is 2.64. The summed E-state index contributed by atoms with van der Waals surface area (Å²) in [6.07, 6.45) is 3.62. The summed E-state index contributed by atoms with van der Waals surface area (Å²) in [5, 5.41) is 3.44. The molecule has 0 bridgehead atoms. The maximum absolute atomic E-state index is 5.42. The minimum absolute atomic E-state index is 0.630. The molecule has 70 heavy (non-hydrogen) atoms. The molecule has 1 aliphatic carbocycles. The molecule has 12 aromatic rings. The third-order valence-corrected chi connectivity index (χ3v) is 14.4. The van der Waals surface area contributed by atoms with Crippen molar-refractivity contribution in [2.45, 2.75) is 5.41 Å². The van der Waals surface area contributed by atoms with Gasteiger partial charge in [-0.1, -0.05) is 164 Å². The van der Waals surface area contributed by atoms with E-state index in [1.807, 2.05) is 48.8 Å². The number of anilines is 3. The van der Waals surface area contributed by atoms with E-state index in [9.17, 15) is 0 Å². The Hall–Kier alpha value is -9.32. The van der Waals surface area contributed by atoms with Crippen LogP contribution < -0.4 is 4.90 Å². The molecule has 0 amide bonds. The number of nitrogens with zero attached hydrogens (tertiary/aromatic N) is 5. The van der Waals surface area contributed by atoms with Gasteiger partial charge >= 0.3 is 0 Å². The zero-order chi connectivity index (χ0) is 46.2. The van der Waals surface area contributed by atoms with Crippen LogP contribution in [0, 0.1) is 0 Å². The van der Waals surface area contributed by atoms with Crippen LogP contribution in [0.15, 0.2) is 249 Å². The summed E-state index contributed by atoms with van der Waals surface area (Å²) in [5.74, 6) is 0. The Morgan fingerprint density at radius 3 is 1.53 bits per heavy atom. The molecule has 5 heterocycles. The molecular weight excluding hydrogens is 851 g/mol. The molecule has 0 N–H and O–H groups in total. The number of benzene rings is 8. The molecular formula is C65H41N5. The number of rotatable bonds is 6. The first-order valence-corrected chi connectivity index (χ1v) is 23.8. The lowest BCUT2D eigenvalue weighted by molar-refractivity contribution is 0.754. The zero-order valence-corrected chi connectivity index (χ0v) is 37.9. The van der Waals surface area contributed by atoms with Crippen LogP contribution in [0.3, 0.4) is 0 Å². The van der Waals surface area contributed by atoms with E-state index in [0.717, 1.165) is 89.6 Å². The summed E-state index contributed by atoms with van der Waals surface area (Å²) in [6, 6.07) is 85.3. The van der Waals surface area contributed by atoms with Crippen LogP contribution in [-0.2, 0) is 5.41 Å². The first-order chi connectivity index (χ1) is 34.7. The number of hydrogen-bond donors (Lipinski definition) is 0. The molecule has 5 heteroatoms. The summed E-state index contributed by atoms with van der Waals surface area (Å²) < 4.78 is 0. The van der Waals surface area contributed by atoms with Crippen LogP contribution in [0.25, 0.3) is 89.1 Å². The summed E-state index contributed by atoms with van der Waals surface area (Å²) in [4.78, 5) is 22.3. The molecule has 1 aliphatic heterocycles. The van der Waals surface area contributed by atoms with Crippen molar-refractivity contribution in [1.82, 2.24) is 19.9 Å². The predicted molar refractivity (Wildman–Crippen MR) is 285 cm³/mol. The van der Waals surface area contributed by atoms with Crippen molar-refractivity contribution in [1.29, 1.82) is 0 Å². The molecule has 0 radical (unpaired) electrons. The maximum Gasteiger partial charge on any atom is 0.0900 e. The van der Waals surface area contributed by atoms with Crippen LogP contribution in [0.4, 0.5) is 17.1 Å². The third-order valence-electron chi connectivity index (χ3n) is 14.4. The fourth-order valence-corrected chi connectivity index (χ4v) is 11.3. The van der Waals surface area contributed by atoms with E-state index in [-0.39, 0.29) is 0 Å². The van der Waals surface area contributed by atoms with Gasteiger partial charge in [-0.2, -0.15) is 0 Å². The second-order valence-corrected chi connectivity index (χ2v) is 18.1. The Bertz CT molecular complexity index is 3880. The topological polar surface area (TPSA) is 54.8 Å². The van der Waals surface area contributed by atoms with Crippen LogP contribution in [0.2, 0.25) is 0 Å². The molecule has 2 aliphatic rings. The largest absolute Gasteiger partial charge is 0.310 e. The van der Waals surface area contributed by atoms with Gasteiger partial charge < -0.3 is 4.90 Å². The molecule has 0 saturated carbocycles. The van der Waals surface area contributed by atoms with E-state index in [1.54, 1.807) is 0 Å². The van der Waals surface area contributed by atoms with Crippen molar-refractivity contribution in [3.63, 3.8) is 0 Å². The summed E-state index contributed by atoms with van der Waals surface area (Å²) >= 11 is 0. The third kappa shape index (κ3) is 6.11. The number of aromatic nitrogens is 4. The molecule has 4 aromatic heterocycles. The summed E-state index contributed by atoms with van der Waals surface area (Å²) in [5.41, 5.74) is 21.0. The molecule has 5 nitrogen and oxygen atoms in total. The van der Waals surface area contributed by atoms with E-state index < -0.39 is 5.41 Å². The van der Waals surface area contributed by atoms with Gasteiger partial charge in [-0.25, -0.2) is 9.97 Å². The van der Waals surface area contributed by atoms with Gasteiger partial charge in [0.05, 0.1) is 50.8 Å². The monoisotopic (exact) mass is 891 g/mol. The Morgan fingerprint density at radius 1 is 0.314 bits per heavy atom. The highest BCUT2D eigenvalue weighted by molar-refractivity contribution is 6.14. The fourth-order valence-electron chi connectivity index (χ4n) is 11.3. The van der Waals surface area contributed by atoms with Gasteiger partial charge in [-0.05, 0) is 134 Å². The normalized spacial score (nSPS) is 12.9. The highest BCUT2D eigenvalue weighted by Gasteiger charge is 2.52. The van der Waals surface area contributed by atoms with E-state index in [1.165, 1.54) is 38.8 Å². The Labute approximate surface area is 405 Å². The van der Waals surface area contributed by atoms with Crippen LogP contribution in [-0.4, -0.2) is 19.9 Å². The lowest BCUT2D eigenvalue weighted by Crippen LogP contribution is -2.36. The van der Waals surface area contributed by atoms with Crippen molar-refractivity contribution in [2.24, 2.45) is 0 Å². The SMILES string of the molecule is c1ccc(-c2nc3ccccc3c3cc4c(cc23)N(c2ccccc2)c2cc(-c3ccc(-c5cc(-c6ccccn6)nc(-c6ccccn6)c5)cc3)ccc2C42c3ccccc3-c3ccccc32)cc1. The van der Waals surface area contributed by atoms with Gasteiger partial charge in [0.2, 0.25) is 0 Å². The predicted octanol–water partition coefficient (Wildman–Crippen LogP) is 16.1. The minimum atomic E-state index is -0.630. The second-order valence-electron chi connectivity index (χ2n) is 18.1. The summed E-state index contributed by atoms with van der Waals surface area (Å²) in [7, 11) is 0. The molecule has 1 spiro atoms. The molecule has 0 saturated heterocycles. The average molecular weight is 892 g/mol. The Morgan fingerprint density at radius 2 is 0.871 bits per heavy atom. The molecule has 8 aromatic carbocycles. The molecule has 14 rings (SSSR count). The van der Waals surface area contributed by atoms with Gasteiger partial charge in [0.15, 0.2) is 0 Å². The number of pyridine rings is 4. The van der Waals surface area contributed by atoms with Crippen molar-refractivity contribution < 1.29 is 0 Å². The van der Waals surface area contributed by atoms with Gasteiger partial charge in [0.1, 0.15) is 0 Å². The van der Waals surface area contributed by atoms with E-state index in [4.69, 9.17) is 9.97 Å². The fraction of sp³-hybridized carbons (Fsp3) is 0.0154. The van der Waals surface area contributed by atoms with Gasteiger partial charge in [0, 0.05) is 34.4 Å². The molecule has 0 atom stereocenters. The highest BCUT2D eigenvalue weighted by atomic mass is 15.2. The second kappa shape index (κ2) is 15.9. The quantitative estimate of drug-likeness (QED) is 0.156. The van der Waals surface area contributed by atoms with Crippen LogP contribution in [0.1, 0.15) is 22.3 Å². The lowest BCUT2D eigenvalue weighted by atomic mass is 9.64. The zero-order valence-electron chi connectivity index (χ0n) is 37.9. The van der Waals surface area contributed by atoms with E-state index >= 15 is 0 Å². The van der Waals surface area contributed by atoms with Gasteiger partial charge in [-0.15, -0.1) is 0 Å². The van der Waals surface area contributed by atoms with Crippen molar-refractivity contribution >= 4 is 38.7 Å². The van der Waals surface area contributed by atoms with Crippen LogP contribution in [0.5, 0.6) is 0 Å². The average Bonchev–Trinajstić information content (AvgIpc) is 3.74. The summed E-state index contributed by atoms with van der Waals surface area (Å²) in [6.45, 7) is 0. The molecule has 326 valence electrons. The lowest BCUT2D eigenvalue weighted by Gasteiger charge is -2.45. The van der Waals surface area contributed by atoms with Crippen molar-refractivity contribution in [3.8, 4) is 67.4 Å². The Balaban J connectivity index is 1.01. The number of para-hydroxylation sites is 2. The first kappa shape index (κ1) is 39.8. The van der Waals surface area contributed by atoms with Gasteiger partial charge in [0.25, 0.3) is 0 Å². The van der Waals surface area contributed by atoms with Crippen molar-refractivity contribution in [3.05, 3.63) is 271 Å². The van der Waals surface area contributed by atoms with E-state index in [0.29, 0.717) is 0 Å². The number of hydrogen-bond acceptors (Lipinski definition) is 5. The molecule has 0 unspecified atom stereocenters. The number of fused-ring (bicyclic) bond motifs is 12. The van der Waals surface area contributed by atoms with E-state index in [2.05, 4.69) is 215 Å². The minimum Gasteiger partial charge on any atom is -0.310 e. The standard InChI is InChI=1S/C65H41N5/c1-3-17-44(18-4-1)64-52-41-63-56(40-51(52)50-23-9-12-26-57(50)69-64)65(53-24-10-7-21-48(53)49-22-8-11-25-54(49)65)55-34-33-45(39-62(55)70(63)47-19-5-2-6-20-47)42-29-31-43(32-30-42)46-37-60(58-27-13-15-35-66-58)68-61(38-46)59-28-14-16-36-67-59/h1-41H. The molecule has 0 fully saturated rings. The van der Waals surface area contributed by atoms with Gasteiger partial charge in [-0.3, -0.25) is 9.97 Å². The Kier molecular flexibility index (Phi) is 9.04.